The smallest absolute Gasteiger partial charge is 0.447 e. The topological polar surface area (TPSA) is 9.23 Å². The maximum absolute atomic E-state index is 11.8. The van der Waals surface area contributed by atoms with Crippen molar-refractivity contribution in [1.29, 1.82) is 0 Å². The summed E-state index contributed by atoms with van der Waals surface area (Å²) >= 11 is 0. The highest BCUT2D eigenvalue weighted by molar-refractivity contribution is 6.58. The molecule has 0 aromatic rings. The zero-order valence-electron chi connectivity index (χ0n) is 7.81. The summed E-state index contributed by atoms with van der Waals surface area (Å²) in [7, 11) is 0. The first-order valence-corrected chi connectivity index (χ1v) is 4.80. The van der Waals surface area contributed by atoms with Gasteiger partial charge < -0.3 is 17.7 Å². The first-order chi connectivity index (χ1) is 5.97. The third-order valence-corrected chi connectivity index (χ3v) is 2.41. The molecule has 0 aliphatic heterocycles. The van der Waals surface area contributed by atoms with Crippen LogP contribution in [0.5, 0.6) is 0 Å². The minimum absolute atomic E-state index is 0.160. The predicted octanol–water partition coefficient (Wildman–Crippen LogP) is 2.97. The zero-order chi connectivity index (χ0) is 9.90. The van der Waals surface area contributed by atoms with Crippen LogP contribution in [0.25, 0.3) is 0 Å². The molecule has 0 spiro atoms. The summed E-state index contributed by atoms with van der Waals surface area (Å²) in [6, 6.07) is 0. The molecule has 1 aliphatic rings. The molecule has 0 aromatic heterocycles. The fourth-order valence-electron chi connectivity index (χ4n) is 1.78. The van der Waals surface area contributed by atoms with Crippen molar-refractivity contribution in [3.8, 4) is 0 Å². The van der Waals surface area contributed by atoms with Gasteiger partial charge >= 0.3 is 6.98 Å². The lowest BCUT2D eigenvalue weighted by Gasteiger charge is -2.28. The average molecular weight is 195 g/mol. The van der Waals surface area contributed by atoms with Gasteiger partial charge in [0, 0.05) is 6.51 Å². The summed E-state index contributed by atoms with van der Waals surface area (Å²) in [6.45, 7) is -3.73. The lowest BCUT2D eigenvalue weighted by molar-refractivity contribution is 0.0287. The number of hydrogen-bond donors (Lipinski definition) is 0. The maximum Gasteiger partial charge on any atom is 0.503 e. The van der Waals surface area contributed by atoms with E-state index < -0.39 is 13.5 Å². The van der Waals surface area contributed by atoms with Crippen molar-refractivity contribution in [3.63, 3.8) is 0 Å². The van der Waals surface area contributed by atoms with Crippen LogP contribution < -0.4 is 0 Å². The Morgan fingerprint density at radius 1 is 1.31 bits per heavy atom. The molecule has 2 unspecified atom stereocenters. The molecular weight excluding hydrogens is 180 g/mol. The van der Waals surface area contributed by atoms with E-state index in [1.807, 2.05) is 0 Å². The van der Waals surface area contributed by atoms with Crippen molar-refractivity contribution in [2.24, 2.45) is 5.92 Å². The van der Waals surface area contributed by atoms with Gasteiger partial charge in [0.1, 0.15) is 0 Å². The van der Waals surface area contributed by atoms with Crippen molar-refractivity contribution in [3.05, 3.63) is 0 Å². The van der Waals surface area contributed by atoms with Gasteiger partial charge in [-0.1, -0.05) is 19.8 Å². The Balaban J connectivity index is 2.21. The largest absolute Gasteiger partial charge is 0.503 e. The molecule has 78 valence electrons. The van der Waals surface area contributed by atoms with E-state index in [2.05, 4.69) is 6.92 Å². The van der Waals surface area contributed by atoms with E-state index in [1.165, 1.54) is 0 Å². The first kappa shape index (κ1) is 10.9. The highest BCUT2D eigenvalue weighted by Crippen LogP contribution is 2.26. The Morgan fingerprint density at radius 3 is 2.54 bits per heavy atom. The monoisotopic (exact) mass is 195 g/mol. The number of halogens is 3. The molecule has 0 bridgehead atoms. The van der Waals surface area contributed by atoms with Crippen molar-refractivity contribution in [2.45, 2.75) is 38.7 Å². The van der Waals surface area contributed by atoms with Gasteiger partial charge in [0.25, 0.3) is 0 Å². The molecule has 0 heterocycles. The molecule has 2 atom stereocenters. The quantitative estimate of drug-likeness (QED) is 0.629. The minimum atomic E-state index is -4.77. The van der Waals surface area contributed by atoms with E-state index in [0.717, 1.165) is 25.7 Å². The molecule has 1 nitrogen and oxygen atoms in total. The standard InChI is InChI=1S/C8H15BF3O/c1-7-3-2-4-8(5-7)13-6-9(10,11)12/h7-8H,2-6H2,1H3/q-1. The van der Waals surface area contributed by atoms with Crippen LogP contribution in [-0.4, -0.2) is 19.6 Å². The SMILES string of the molecule is CC1CCCC(OC[B-](F)(F)F)C1. The van der Waals surface area contributed by atoms with Gasteiger partial charge in [-0.15, -0.1) is 0 Å². The molecule has 13 heavy (non-hydrogen) atoms. The van der Waals surface area contributed by atoms with Crippen LogP contribution in [0.2, 0.25) is 0 Å². The number of hydrogen-bond acceptors (Lipinski definition) is 1. The minimum Gasteiger partial charge on any atom is -0.447 e. The fourth-order valence-corrected chi connectivity index (χ4v) is 1.78. The summed E-state index contributed by atoms with van der Waals surface area (Å²) in [5.41, 5.74) is 0. The van der Waals surface area contributed by atoms with E-state index in [1.54, 1.807) is 0 Å². The molecule has 1 rings (SSSR count). The summed E-state index contributed by atoms with van der Waals surface area (Å²) in [4.78, 5) is 0. The molecule has 5 heteroatoms. The van der Waals surface area contributed by atoms with Crippen LogP contribution in [0.15, 0.2) is 0 Å². The second-order valence-corrected chi connectivity index (χ2v) is 3.94. The molecule has 0 amide bonds. The predicted molar refractivity (Wildman–Crippen MR) is 46.5 cm³/mol. The van der Waals surface area contributed by atoms with E-state index in [4.69, 9.17) is 4.74 Å². The second kappa shape index (κ2) is 4.35. The number of ether oxygens (including phenoxy) is 1. The molecule has 1 aliphatic carbocycles. The van der Waals surface area contributed by atoms with Crippen LogP contribution in [0, 0.1) is 5.92 Å². The Hall–Kier alpha value is -0.185. The van der Waals surface area contributed by atoms with Gasteiger partial charge in [0.2, 0.25) is 0 Å². The van der Waals surface area contributed by atoms with Gasteiger partial charge in [-0.3, -0.25) is 0 Å². The Morgan fingerprint density at radius 2 is 2.00 bits per heavy atom. The number of rotatable bonds is 3. The Kier molecular flexibility index (Phi) is 3.65. The molecule has 1 saturated carbocycles. The maximum atomic E-state index is 11.8. The lowest BCUT2D eigenvalue weighted by atomic mass is 9.88. The average Bonchev–Trinajstić information content (AvgIpc) is 2.00. The van der Waals surface area contributed by atoms with Gasteiger partial charge in [-0.2, -0.15) is 0 Å². The van der Waals surface area contributed by atoms with E-state index >= 15 is 0 Å². The summed E-state index contributed by atoms with van der Waals surface area (Å²) in [5.74, 6) is 0.513. The van der Waals surface area contributed by atoms with Gasteiger partial charge in [-0.25, -0.2) is 0 Å². The molecule has 0 radical (unpaired) electrons. The van der Waals surface area contributed by atoms with E-state index in [-0.39, 0.29) is 6.10 Å². The van der Waals surface area contributed by atoms with Gasteiger partial charge in [-0.05, 0) is 18.8 Å². The first-order valence-electron chi connectivity index (χ1n) is 4.80. The highest BCUT2D eigenvalue weighted by atomic mass is 19.4. The molecule has 0 aromatic carbocycles. The summed E-state index contributed by atoms with van der Waals surface area (Å²) in [6.07, 6.45) is 3.53. The Bertz CT molecular complexity index is 160. The third kappa shape index (κ3) is 4.55. The fraction of sp³-hybridized carbons (Fsp3) is 1.00. The van der Waals surface area contributed by atoms with Crippen molar-refractivity contribution in [1.82, 2.24) is 0 Å². The zero-order valence-corrected chi connectivity index (χ0v) is 7.81. The summed E-state index contributed by atoms with van der Waals surface area (Å²) < 4.78 is 40.4. The van der Waals surface area contributed by atoms with Gasteiger partial charge in [0.05, 0.1) is 6.10 Å². The van der Waals surface area contributed by atoms with Crippen LogP contribution in [0.3, 0.4) is 0 Å². The molecule has 1 fully saturated rings. The molecular formula is C8H15BF3O-. The third-order valence-electron chi connectivity index (χ3n) is 2.41. The van der Waals surface area contributed by atoms with Crippen LogP contribution in [-0.2, 0) is 4.74 Å². The highest BCUT2D eigenvalue weighted by Gasteiger charge is 2.27. The lowest BCUT2D eigenvalue weighted by Crippen LogP contribution is -2.30. The molecule has 0 saturated heterocycles. The van der Waals surface area contributed by atoms with Gasteiger partial charge in [0.15, 0.2) is 0 Å². The molecule has 0 N–H and O–H groups in total. The van der Waals surface area contributed by atoms with E-state index in [0.29, 0.717) is 5.92 Å². The van der Waals surface area contributed by atoms with Crippen molar-refractivity contribution >= 4 is 6.98 Å². The van der Waals surface area contributed by atoms with Crippen LogP contribution >= 0.6 is 0 Å². The van der Waals surface area contributed by atoms with Crippen LogP contribution in [0.1, 0.15) is 32.6 Å². The second-order valence-electron chi connectivity index (χ2n) is 3.94. The Labute approximate surface area is 76.7 Å². The van der Waals surface area contributed by atoms with Crippen molar-refractivity contribution < 1.29 is 17.7 Å². The summed E-state index contributed by atoms with van der Waals surface area (Å²) in [5, 5.41) is 0. The van der Waals surface area contributed by atoms with E-state index in [9.17, 15) is 12.9 Å². The van der Waals surface area contributed by atoms with Crippen LogP contribution in [0.4, 0.5) is 12.9 Å². The normalized spacial score (nSPS) is 30.5. The van der Waals surface area contributed by atoms with Crippen molar-refractivity contribution in [2.75, 3.05) is 6.51 Å².